The van der Waals surface area contributed by atoms with Crippen LogP contribution < -0.4 is 4.90 Å². The first-order valence-corrected chi connectivity index (χ1v) is 9.58. The van der Waals surface area contributed by atoms with Crippen molar-refractivity contribution in [3.05, 3.63) is 65.2 Å². The van der Waals surface area contributed by atoms with Gasteiger partial charge in [-0.3, -0.25) is 8.98 Å². The summed E-state index contributed by atoms with van der Waals surface area (Å²) in [6.07, 6.45) is 1.60. The zero-order valence-electron chi connectivity index (χ0n) is 13.4. The lowest BCUT2D eigenvalue weighted by atomic mass is 9.99. The minimum absolute atomic E-state index is 0.0242. The Hall–Kier alpha value is -2.18. The molecule has 0 bridgehead atoms. The molecule has 0 saturated carbocycles. The van der Waals surface area contributed by atoms with Crippen LogP contribution in [-0.4, -0.2) is 33.6 Å². The number of ketones is 1. The SMILES string of the molecule is CS(=O)(=O)OCCCN1Cc2ccccc2C(=O)c2ccccc21. The average molecular weight is 345 g/mol. The van der Waals surface area contributed by atoms with Crippen molar-refractivity contribution in [2.45, 2.75) is 13.0 Å². The zero-order valence-corrected chi connectivity index (χ0v) is 14.3. The molecular weight excluding hydrogens is 326 g/mol. The summed E-state index contributed by atoms with van der Waals surface area (Å²) in [4.78, 5) is 14.9. The fraction of sp³-hybridized carbons (Fsp3) is 0.278. The Kier molecular flexibility index (Phi) is 4.69. The molecule has 24 heavy (non-hydrogen) atoms. The van der Waals surface area contributed by atoms with Crippen LogP contribution in [0.3, 0.4) is 0 Å². The van der Waals surface area contributed by atoms with E-state index in [2.05, 4.69) is 4.90 Å². The van der Waals surface area contributed by atoms with Crippen LogP contribution in [0.1, 0.15) is 27.9 Å². The first-order chi connectivity index (χ1) is 11.5. The molecule has 0 atom stereocenters. The summed E-state index contributed by atoms with van der Waals surface area (Å²) in [6.45, 7) is 1.35. The van der Waals surface area contributed by atoms with Gasteiger partial charge in [0.15, 0.2) is 5.78 Å². The number of para-hydroxylation sites is 1. The molecule has 0 fully saturated rings. The fourth-order valence-corrected chi connectivity index (χ4v) is 3.34. The minimum atomic E-state index is -3.42. The fourth-order valence-electron chi connectivity index (χ4n) is 2.92. The third-order valence-corrected chi connectivity index (χ3v) is 4.58. The van der Waals surface area contributed by atoms with Crippen molar-refractivity contribution in [3.63, 3.8) is 0 Å². The van der Waals surface area contributed by atoms with Crippen LogP contribution in [0.4, 0.5) is 5.69 Å². The summed E-state index contributed by atoms with van der Waals surface area (Å²) in [5.74, 6) is 0.0242. The number of anilines is 1. The second-order valence-electron chi connectivity index (χ2n) is 5.80. The number of carbonyl (C=O) groups excluding carboxylic acids is 1. The van der Waals surface area contributed by atoms with Crippen LogP contribution in [0.2, 0.25) is 0 Å². The van der Waals surface area contributed by atoms with Gasteiger partial charge in [-0.1, -0.05) is 36.4 Å². The van der Waals surface area contributed by atoms with Crippen LogP contribution in [0.15, 0.2) is 48.5 Å². The Labute approximate surface area is 142 Å². The van der Waals surface area contributed by atoms with E-state index < -0.39 is 10.1 Å². The third-order valence-electron chi connectivity index (χ3n) is 3.98. The highest BCUT2D eigenvalue weighted by atomic mass is 32.2. The van der Waals surface area contributed by atoms with Gasteiger partial charge in [0.05, 0.1) is 12.9 Å². The standard InChI is InChI=1S/C18H19NO4S/c1-24(21,22)23-12-6-11-19-13-14-7-2-3-8-15(14)18(20)16-9-4-5-10-17(16)19/h2-5,7-10H,6,11-13H2,1H3. The predicted octanol–water partition coefficient (Wildman–Crippen LogP) is 2.60. The van der Waals surface area contributed by atoms with E-state index in [0.29, 0.717) is 25.1 Å². The molecule has 1 aliphatic rings. The van der Waals surface area contributed by atoms with Gasteiger partial charge in [-0.2, -0.15) is 8.42 Å². The summed E-state index contributed by atoms with van der Waals surface area (Å²) in [7, 11) is -3.42. The number of rotatable bonds is 5. The Balaban J connectivity index is 1.86. The van der Waals surface area contributed by atoms with Crippen LogP contribution in [0.25, 0.3) is 0 Å². The van der Waals surface area contributed by atoms with Gasteiger partial charge in [0, 0.05) is 29.9 Å². The molecule has 0 aromatic heterocycles. The number of carbonyl (C=O) groups is 1. The average Bonchev–Trinajstić information content (AvgIpc) is 2.67. The molecule has 2 aromatic rings. The van der Waals surface area contributed by atoms with E-state index in [9.17, 15) is 13.2 Å². The maximum Gasteiger partial charge on any atom is 0.264 e. The molecule has 0 radical (unpaired) electrons. The van der Waals surface area contributed by atoms with Crippen molar-refractivity contribution in [1.29, 1.82) is 0 Å². The van der Waals surface area contributed by atoms with Crippen molar-refractivity contribution in [2.75, 3.05) is 24.3 Å². The lowest BCUT2D eigenvalue weighted by molar-refractivity contribution is 0.103. The van der Waals surface area contributed by atoms with Gasteiger partial charge in [0.1, 0.15) is 0 Å². The van der Waals surface area contributed by atoms with Gasteiger partial charge in [0.2, 0.25) is 0 Å². The number of hydrogen-bond donors (Lipinski definition) is 0. The highest BCUT2D eigenvalue weighted by molar-refractivity contribution is 7.85. The number of nitrogens with zero attached hydrogens (tertiary/aromatic N) is 1. The van der Waals surface area contributed by atoms with Gasteiger partial charge >= 0.3 is 0 Å². The van der Waals surface area contributed by atoms with E-state index in [4.69, 9.17) is 4.18 Å². The van der Waals surface area contributed by atoms with E-state index in [1.54, 1.807) is 0 Å². The van der Waals surface area contributed by atoms with Crippen LogP contribution in [-0.2, 0) is 20.8 Å². The van der Waals surface area contributed by atoms with Crippen LogP contribution in [0.5, 0.6) is 0 Å². The molecule has 2 aromatic carbocycles. The highest BCUT2D eigenvalue weighted by Gasteiger charge is 2.24. The number of benzene rings is 2. The largest absolute Gasteiger partial charge is 0.366 e. The minimum Gasteiger partial charge on any atom is -0.366 e. The number of hydrogen-bond acceptors (Lipinski definition) is 5. The van der Waals surface area contributed by atoms with Crippen LogP contribution >= 0.6 is 0 Å². The predicted molar refractivity (Wildman–Crippen MR) is 92.8 cm³/mol. The van der Waals surface area contributed by atoms with Gasteiger partial charge in [-0.15, -0.1) is 0 Å². The second kappa shape index (κ2) is 6.75. The van der Waals surface area contributed by atoms with E-state index in [1.807, 2.05) is 48.5 Å². The molecule has 5 nitrogen and oxygen atoms in total. The van der Waals surface area contributed by atoms with Crippen molar-refractivity contribution >= 4 is 21.6 Å². The van der Waals surface area contributed by atoms with Crippen molar-refractivity contribution in [1.82, 2.24) is 0 Å². The summed E-state index contributed by atoms with van der Waals surface area (Å²) in [6, 6.07) is 15.1. The highest BCUT2D eigenvalue weighted by Crippen LogP contribution is 2.30. The molecular formula is C18H19NO4S. The molecule has 6 heteroatoms. The van der Waals surface area contributed by atoms with E-state index in [-0.39, 0.29) is 12.4 Å². The molecule has 0 unspecified atom stereocenters. The Bertz CT molecular complexity index is 861. The monoisotopic (exact) mass is 345 g/mol. The summed E-state index contributed by atoms with van der Waals surface area (Å²) in [5, 5.41) is 0. The molecule has 1 aliphatic heterocycles. The molecule has 126 valence electrons. The lowest BCUT2D eigenvalue weighted by Gasteiger charge is -2.24. The molecule has 0 N–H and O–H groups in total. The smallest absolute Gasteiger partial charge is 0.264 e. The van der Waals surface area contributed by atoms with Gasteiger partial charge < -0.3 is 4.90 Å². The Morgan fingerprint density at radius 1 is 1.04 bits per heavy atom. The first-order valence-electron chi connectivity index (χ1n) is 7.77. The zero-order chi connectivity index (χ0) is 17.2. The summed E-state index contributed by atoms with van der Waals surface area (Å²) < 4.78 is 26.9. The van der Waals surface area contributed by atoms with Gasteiger partial charge in [-0.25, -0.2) is 0 Å². The van der Waals surface area contributed by atoms with E-state index in [0.717, 1.165) is 23.1 Å². The van der Waals surface area contributed by atoms with Gasteiger partial charge in [0.25, 0.3) is 10.1 Å². The normalized spacial score (nSPS) is 14.0. The second-order valence-corrected chi connectivity index (χ2v) is 7.45. The Morgan fingerprint density at radius 2 is 1.71 bits per heavy atom. The maximum atomic E-state index is 12.8. The molecule has 0 aliphatic carbocycles. The van der Waals surface area contributed by atoms with Crippen LogP contribution in [0, 0.1) is 0 Å². The third kappa shape index (κ3) is 3.66. The molecule has 1 heterocycles. The molecule has 0 amide bonds. The van der Waals surface area contributed by atoms with E-state index in [1.165, 1.54) is 0 Å². The summed E-state index contributed by atoms with van der Waals surface area (Å²) >= 11 is 0. The quantitative estimate of drug-likeness (QED) is 0.616. The molecule has 0 saturated heterocycles. The maximum absolute atomic E-state index is 12.8. The van der Waals surface area contributed by atoms with Crippen molar-refractivity contribution in [3.8, 4) is 0 Å². The molecule has 0 spiro atoms. The first kappa shape index (κ1) is 16.7. The topological polar surface area (TPSA) is 63.7 Å². The Morgan fingerprint density at radius 3 is 2.46 bits per heavy atom. The van der Waals surface area contributed by atoms with Crippen molar-refractivity contribution < 1.29 is 17.4 Å². The van der Waals surface area contributed by atoms with E-state index >= 15 is 0 Å². The summed E-state index contributed by atoms with van der Waals surface area (Å²) in [5.41, 5.74) is 3.24. The number of fused-ring (bicyclic) bond motifs is 2. The van der Waals surface area contributed by atoms with Crippen molar-refractivity contribution in [2.24, 2.45) is 0 Å². The molecule has 3 rings (SSSR count). The van der Waals surface area contributed by atoms with Gasteiger partial charge in [-0.05, 0) is 24.1 Å². The lowest BCUT2D eigenvalue weighted by Crippen LogP contribution is -2.25.